The molecule has 0 radical (unpaired) electrons. The van der Waals surface area contributed by atoms with Gasteiger partial charge in [-0.3, -0.25) is 9.48 Å². The molecule has 0 unspecified atom stereocenters. The van der Waals surface area contributed by atoms with Crippen LogP contribution in [-0.2, 0) is 18.3 Å². The van der Waals surface area contributed by atoms with Crippen molar-refractivity contribution in [2.75, 3.05) is 11.1 Å². The van der Waals surface area contributed by atoms with Crippen molar-refractivity contribution in [3.63, 3.8) is 0 Å². The van der Waals surface area contributed by atoms with E-state index in [0.29, 0.717) is 5.75 Å². The fourth-order valence-electron chi connectivity index (χ4n) is 2.33. The third-order valence-corrected chi connectivity index (χ3v) is 4.51. The summed E-state index contributed by atoms with van der Waals surface area (Å²) in [6, 6.07) is 7.84. The second-order valence-electron chi connectivity index (χ2n) is 5.03. The number of amides is 1. The first-order chi connectivity index (χ1) is 11.2. The number of fused-ring (bicyclic) bond motifs is 1. The van der Waals surface area contributed by atoms with Gasteiger partial charge in [0, 0.05) is 12.7 Å². The van der Waals surface area contributed by atoms with Crippen LogP contribution in [0.5, 0.6) is 0 Å². The highest BCUT2D eigenvalue weighted by molar-refractivity contribution is 8.00. The van der Waals surface area contributed by atoms with E-state index in [0.717, 1.165) is 33.7 Å². The summed E-state index contributed by atoms with van der Waals surface area (Å²) in [5, 5.41) is 8.76. The van der Waals surface area contributed by atoms with Gasteiger partial charge in [-0.25, -0.2) is 9.97 Å². The van der Waals surface area contributed by atoms with Crippen molar-refractivity contribution in [3.8, 4) is 0 Å². The van der Waals surface area contributed by atoms with Gasteiger partial charge in [-0.05, 0) is 18.1 Å². The molecule has 6 nitrogen and oxygen atoms in total. The zero-order chi connectivity index (χ0) is 16.2. The Labute approximate surface area is 138 Å². The van der Waals surface area contributed by atoms with Gasteiger partial charge in [0.15, 0.2) is 5.65 Å². The van der Waals surface area contributed by atoms with E-state index in [1.165, 1.54) is 18.1 Å². The van der Waals surface area contributed by atoms with Crippen molar-refractivity contribution < 1.29 is 4.79 Å². The number of carbonyl (C=O) groups excluding carboxylic acids is 1. The molecule has 0 aliphatic heterocycles. The lowest BCUT2D eigenvalue weighted by molar-refractivity contribution is -0.113. The summed E-state index contributed by atoms with van der Waals surface area (Å²) in [5.41, 5.74) is 2.76. The van der Waals surface area contributed by atoms with Crippen molar-refractivity contribution in [2.45, 2.75) is 18.4 Å². The summed E-state index contributed by atoms with van der Waals surface area (Å²) in [7, 11) is 1.83. The van der Waals surface area contributed by atoms with E-state index in [1.807, 2.05) is 31.3 Å². The van der Waals surface area contributed by atoms with Crippen molar-refractivity contribution in [2.24, 2.45) is 7.05 Å². The predicted octanol–water partition coefficient (Wildman–Crippen LogP) is 2.66. The second kappa shape index (κ2) is 6.78. The molecule has 1 aromatic carbocycles. The molecule has 0 spiro atoms. The number of nitrogens with one attached hydrogen (secondary N) is 1. The smallest absolute Gasteiger partial charge is 0.234 e. The van der Waals surface area contributed by atoms with Gasteiger partial charge >= 0.3 is 0 Å². The van der Waals surface area contributed by atoms with Crippen LogP contribution in [0.15, 0.2) is 41.8 Å². The van der Waals surface area contributed by atoms with Crippen LogP contribution in [-0.4, -0.2) is 31.4 Å². The number of carbonyl (C=O) groups is 1. The SMILES string of the molecule is CCc1ccccc1NC(=O)CSc1ncnc2c1cnn2C. The Morgan fingerprint density at radius 2 is 2.13 bits per heavy atom. The Balaban J connectivity index is 1.69. The van der Waals surface area contributed by atoms with Gasteiger partial charge in [0.25, 0.3) is 0 Å². The molecule has 1 amide bonds. The number of benzene rings is 1. The molecule has 0 atom stereocenters. The predicted molar refractivity (Wildman–Crippen MR) is 91.5 cm³/mol. The van der Waals surface area contributed by atoms with Crippen molar-refractivity contribution in [1.29, 1.82) is 0 Å². The van der Waals surface area contributed by atoms with Gasteiger partial charge in [-0.2, -0.15) is 5.10 Å². The first kappa shape index (κ1) is 15.5. The number of para-hydroxylation sites is 1. The van der Waals surface area contributed by atoms with Gasteiger partial charge in [-0.1, -0.05) is 36.9 Å². The van der Waals surface area contributed by atoms with Crippen LogP contribution in [0.25, 0.3) is 11.0 Å². The monoisotopic (exact) mass is 327 g/mol. The maximum atomic E-state index is 12.2. The minimum atomic E-state index is -0.0495. The third-order valence-electron chi connectivity index (χ3n) is 3.51. The fraction of sp³-hybridized carbons (Fsp3) is 0.250. The minimum absolute atomic E-state index is 0.0495. The molecule has 2 heterocycles. The number of rotatable bonds is 5. The van der Waals surface area contributed by atoms with Crippen LogP contribution in [0.2, 0.25) is 0 Å². The number of aromatic nitrogens is 4. The molecular weight excluding hydrogens is 310 g/mol. The largest absolute Gasteiger partial charge is 0.325 e. The average molecular weight is 327 g/mol. The maximum Gasteiger partial charge on any atom is 0.234 e. The topological polar surface area (TPSA) is 72.7 Å². The summed E-state index contributed by atoms with van der Waals surface area (Å²) in [6.45, 7) is 2.07. The number of nitrogens with zero attached hydrogens (tertiary/aromatic N) is 4. The quantitative estimate of drug-likeness (QED) is 0.576. The number of aryl methyl sites for hydroxylation is 2. The second-order valence-corrected chi connectivity index (χ2v) is 6.00. The van der Waals surface area contributed by atoms with E-state index in [9.17, 15) is 4.79 Å². The van der Waals surface area contributed by atoms with Crippen LogP contribution >= 0.6 is 11.8 Å². The van der Waals surface area contributed by atoms with E-state index in [-0.39, 0.29) is 5.91 Å². The Kier molecular flexibility index (Phi) is 4.57. The molecule has 3 rings (SSSR count). The van der Waals surface area contributed by atoms with Crippen molar-refractivity contribution in [1.82, 2.24) is 19.7 Å². The fourth-order valence-corrected chi connectivity index (χ4v) is 3.09. The number of anilines is 1. The van der Waals surface area contributed by atoms with Crippen LogP contribution in [0.4, 0.5) is 5.69 Å². The van der Waals surface area contributed by atoms with Crippen LogP contribution < -0.4 is 5.32 Å². The number of thioether (sulfide) groups is 1. The summed E-state index contributed by atoms with van der Waals surface area (Å²) in [6.07, 6.45) is 4.10. The number of hydrogen-bond acceptors (Lipinski definition) is 5. The molecule has 23 heavy (non-hydrogen) atoms. The first-order valence-electron chi connectivity index (χ1n) is 7.32. The molecule has 0 aliphatic carbocycles. The van der Waals surface area contributed by atoms with Crippen LogP contribution in [0.1, 0.15) is 12.5 Å². The Bertz CT molecular complexity index is 845. The summed E-state index contributed by atoms with van der Waals surface area (Å²) in [5.74, 6) is 0.241. The number of hydrogen-bond donors (Lipinski definition) is 1. The summed E-state index contributed by atoms with van der Waals surface area (Å²) in [4.78, 5) is 20.6. The van der Waals surface area contributed by atoms with E-state index in [1.54, 1.807) is 10.9 Å². The van der Waals surface area contributed by atoms with Gasteiger partial charge in [0.05, 0.1) is 17.3 Å². The van der Waals surface area contributed by atoms with Crippen molar-refractivity contribution in [3.05, 3.63) is 42.4 Å². The van der Waals surface area contributed by atoms with Gasteiger partial charge in [-0.15, -0.1) is 0 Å². The Hall–Kier alpha value is -2.41. The molecule has 0 saturated carbocycles. The molecule has 0 bridgehead atoms. The summed E-state index contributed by atoms with van der Waals surface area (Å²) < 4.78 is 1.69. The molecule has 1 N–H and O–H groups in total. The van der Waals surface area contributed by atoms with E-state index in [4.69, 9.17) is 0 Å². The van der Waals surface area contributed by atoms with Crippen molar-refractivity contribution >= 4 is 34.4 Å². The van der Waals surface area contributed by atoms with Gasteiger partial charge < -0.3 is 5.32 Å². The average Bonchev–Trinajstić information content (AvgIpc) is 2.95. The lowest BCUT2D eigenvalue weighted by Gasteiger charge is -2.09. The minimum Gasteiger partial charge on any atom is -0.325 e. The van der Waals surface area contributed by atoms with E-state index in [2.05, 4.69) is 27.3 Å². The molecular formula is C16H17N5OS. The molecule has 0 aliphatic rings. The Morgan fingerprint density at radius 1 is 1.30 bits per heavy atom. The molecule has 0 saturated heterocycles. The lowest BCUT2D eigenvalue weighted by atomic mass is 10.1. The highest BCUT2D eigenvalue weighted by atomic mass is 32.2. The van der Waals surface area contributed by atoms with Crippen LogP contribution in [0, 0.1) is 0 Å². The Morgan fingerprint density at radius 3 is 2.96 bits per heavy atom. The first-order valence-corrected chi connectivity index (χ1v) is 8.31. The normalized spacial score (nSPS) is 10.9. The molecule has 0 fully saturated rings. The zero-order valence-corrected chi connectivity index (χ0v) is 13.8. The molecule has 118 valence electrons. The summed E-state index contributed by atoms with van der Waals surface area (Å²) >= 11 is 1.39. The highest BCUT2D eigenvalue weighted by Gasteiger charge is 2.11. The zero-order valence-electron chi connectivity index (χ0n) is 13.0. The third kappa shape index (κ3) is 3.34. The molecule has 2 aromatic heterocycles. The van der Waals surface area contributed by atoms with Gasteiger partial charge in [0.2, 0.25) is 5.91 Å². The van der Waals surface area contributed by atoms with Crippen LogP contribution in [0.3, 0.4) is 0 Å². The van der Waals surface area contributed by atoms with Gasteiger partial charge in [0.1, 0.15) is 11.4 Å². The van der Waals surface area contributed by atoms with E-state index >= 15 is 0 Å². The van der Waals surface area contributed by atoms with E-state index < -0.39 is 0 Å². The molecule has 7 heteroatoms. The molecule has 3 aromatic rings. The maximum absolute atomic E-state index is 12.2. The highest BCUT2D eigenvalue weighted by Crippen LogP contribution is 2.24. The lowest BCUT2D eigenvalue weighted by Crippen LogP contribution is -2.15. The standard InChI is InChI=1S/C16H17N5OS/c1-3-11-6-4-5-7-13(11)20-14(22)9-23-16-12-8-19-21(2)15(12)17-10-18-16/h4-8,10H,3,9H2,1-2H3,(H,20,22).